The highest BCUT2D eigenvalue weighted by molar-refractivity contribution is 6.39. The molecular weight excluding hydrogens is 264 g/mol. The van der Waals surface area contributed by atoms with Gasteiger partial charge in [-0.2, -0.15) is 13.2 Å². The van der Waals surface area contributed by atoms with Crippen LogP contribution in [0, 0.1) is 0 Å². The number of hydrogen-bond donors (Lipinski definition) is 2. The van der Waals surface area contributed by atoms with Crippen LogP contribution in [0.3, 0.4) is 0 Å². The standard InChI is InChI=1S/C9H9Cl2F3N2/c10-6-3-5(15)4-7(11)8(6)16-2-1-9(12,13)14/h3-4,16H,1-2,15H2. The van der Waals surface area contributed by atoms with Crippen molar-refractivity contribution in [3.63, 3.8) is 0 Å². The van der Waals surface area contributed by atoms with E-state index in [2.05, 4.69) is 5.32 Å². The number of nitrogen functional groups attached to an aromatic ring is 1. The highest BCUT2D eigenvalue weighted by Crippen LogP contribution is 2.33. The minimum atomic E-state index is -4.21. The van der Waals surface area contributed by atoms with E-state index in [0.29, 0.717) is 5.69 Å². The van der Waals surface area contributed by atoms with Crippen molar-refractivity contribution in [2.24, 2.45) is 0 Å². The van der Waals surface area contributed by atoms with E-state index < -0.39 is 12.6 Å². The Morgan fingerprint density at radius 1 is 1.19 bits per heavy atom. The fourth-order valence-corrected chi connectivity index (χ4v) is 1.73. The molecule has 0 unspecified atom stereocenters. The zero-order chi connectivity index (χ0) is 12.3. The van der Waals surface area contributed by atoms with E-state index in [-0.39, 0.29) is 22.3 Å². The van der Waals surface area contributed by atoms with Gasteiger partial charge in [-0.3, -0.25) is 0 Å². The van der Waals surface area contributed by atoms with E-state index in [1.165, 1.54) is 12.1 Å². The van der Waals surface area contributed by atoms with E-state index in [1.807, 2.05) is 0 Å². The molecule has 16 heavy (non-hydrogen) atoms. The minimum absolute atomic E-state index is 0.201. The molecule has 0 saturated carbocycles. The van der Waals surface area contributed by atoms with Crippen molar-refractivity contribution in [3.05, 3.63) is 22.2 Å². The van der Waals surface area contributed by atoms with Gasteiger partial charge < -0.3 is 11.1 Å². The summed E-state index contributed by atoms with van der Waals surface area (Å²) in [5.74, 6) is 0. The number of anilines is 2. The van der Waals surface area contributed by atoms with Gasteiger partial charge in [0.2, 0.25) is 0 Å². The number of halogens is 5. The van der Waals surface area contributed by atoms with Crippen molar-refractivity contribution >= 4 is 34.6 Å². The summed E-state index contributed by atoms with van der Waals surface area (Å²) in [5.41, 5.74) is 6.07. The van der Waals surface area contributed by atoms with Gasteiger partial charge in [-0.05, 0) is 12.1 Å². The van der Waals surface area contributed by atoms with Gasteiger partial charge in [0, 0.05) is 12.2 Å². The summed E-state index contributed by atoms with van der Waals surface area (Å²) in [6.07, 6.45) is -5.16. The zero-order valence-corrected chi connectivity index (χ0v) is 9.55. The third-order valence-corrected chi connectivity index (χ3v) is 2.37. The summed E-state index contributed by atoms with van der Waals surface area (Å²) in [7, 11) is 0. The number of hydrogen-bond acceptors (Lipinski definition) is 2. The highest BCUT2D eigenvalue weighted by Gasteiger charge is 2.26. The first-order valence-electron chi connectivity index (χ1n) is 4.35. The average molecular weight is 273 g/mol. The van der Waals surface area contributed by atoms with Crippen molar-refractivity contribution < 1.29 is 13.2 Å². The number of nitrogens with two attached hydrogens (primary N) is 1. The van der Waals surface area contributed by atoms with Crippen LogP contribution in [0.25, 0.3) is 0 Å². The largest absolute Gasteiger partial charge is 0.399 e. The smallest absolute Gasteiger partial charge is 0.390 e. The molecule has 2 nitrogen and oxygen atoms in total. The molecule has 0 aliphatic heterocycles. The molecule has 7 heteroatoms. The molecular formula is C9H9Cl2F3N2. The maximum Gasteiger partial charge on any atom is 0.390 e. The maximum atomic E-state index is 11.9. The first kappa shape index (κ1) is 13.3. The normalized spacial score (nSPS) is 11.6. The fourth-order valence-electron chi connectivity index (χ4n) is 1.09. The molecule has 0 atom stereocenters. The van der Waals surface area contributed by atoms with Crippen LogP contribution in [-0.2, 0) is 0 Å². The fraction of sp³-hybridized carbons (Fsp3) is 0.333. The van der Waals surface area contributed by atoms with Crippen LogP contribution in [0.5, 0.6) is 0 Å². The van der Waals surface area contributed by atoms with Crippen LogP contribution >= 0.6 is 23.2 Å². The molecule has 3 N–H and O–H groups in total. The number of rotatable bonds is 3. The Balaban J connectivity index is 2.68. The van der Waals surface area contributed by atoms with Crippen molar-refractivity contribution in [2.75, 3.05) is 17.6 Å². The zero-order valence-electron chi connectivity index (χ0n) is 8.04. The molecule has 0 fully saturated rings. The predicted octanol–water partition coefficient (Wildman–Crippen LogP) is 3.94. The third kappa shape index (κ3) is 3.98. The van der Waals surface area contributed by atoms with Crippen LogP contribution in [0.15, 0.2) is 12.1 Å². The summed E-state index contributed by atoms with van der Waals surface area (Å²) in [6.45, 7) is -0.285. The highest BCUT2D eigenvalue weighted by atomic mass is 35.5. The second kappa shape index (κ2) is 5.01. The summed E-state index contributed by atoms with van der Waals surface area (Å²) in [5, 5.41) is 2.93. The molecule has 0 aliphatic carbocycles. The van der Waals surface area contributed by atoms with Gasteiger partial charge in [0.15, 0.2) is 0 Å². The Labute approximate surface area is 101 Å². The van der Waals surface area contributed by atoms with Crippen molar-refractivity contribution in [1.29, 1.82) is 0 Å². The van der Waals surface area contributed by atoms with Crippen LogP contribution in [0.4, 0.5) is 24.5 Å². The lowest BCUT2D eigenvalue weighted by molar-refractivity contribution is -0.131. The molecule has 0 heterocycles. The van der Waals surface area contributed by atoms with Crippen LogP contribution in [-0.4, -0.2) is 12.7 Å². The number of alkyl halides is 3. The van der Waals surface area contributed by atoms with Gasteiger partial charge in [-0.1, -0.05) is 23.2 Å². The SMILES string of the molecule is Nc1cc(Cl)c(NCCC(F)(F)F)c(Cl)c1. The Morgan fingerprint density at radius 2 is 1.69 bits per heavy atom. The van der Waals surface area contributed by atoms with Crippen molar-refractivity contribution in [3.8, 4) is 0 Å². The second-order valence-corrected chi connectivity index (χ2v) is 3.97. The summed E-state index contributed by atoms with van der Waals surface area (Å²) < 4.78 is 35.7. The summed E-state index contributed by atoms with van der Waals surface area (Å²) in [4.78, 5) is 0. The minimum Gasteiger partial charge on any atom is -0.399 e. The van der Waals surface area contributed by atoms with E-state index in [4.69, 9.17) is 28.9 Å². The molecule has 1 aromatic carbocycles. The van der Waals surface area contributed by atoms with Gasteiger partial charge in [0.25, 0.3) is 0 Å². The lowest BCUT2D eigenvalue weighted by Crippen LogP contribution is -2.15. The molecule has 0 spiro atoms. The van der Waals surface area contributed by atoms with E-state index in [1.54, 1.807) is 0 Å². The second-order valence-electron chi connectivity index (χ2n) is 3.15. The average Bonchev–Trinajstić information content (AvgIpc) is 2.07. The van der Waals surface area contributed by atoms with Gasteiger partial charge in [-0.15, -0.1) is 0 Å². The first-order valence-corrected chi connectivity index (χ1v) is 5.10. The van der Waals surface area contributed by atoms with Crippen molar-refractivity contribution in [2.45, 2.75) is 12.6 Å². The Kier molecular flexibility index (Phi) is 4.15. The Hall–Kier alpha value is -0.810. The van der Waals surface area contributed by atoms with E-state index >= 15 is 0 Å². The van der Waals surface area contributed by atoms with Crippen LogP contribution < -0.4 is 11.1 Å². The monoisotopic (exact) mass is 272 g/mol. The van der Waals surface area contributed by atoms with Crippen LogP contribution in [0.1, 0.15) is 6.42 Å². The predicted molar refractivity (Wildman–Crippen MR) is 60.0 cm³/mol. The van der Waals surface area contributed by atoms with Crippen molar-refractivity contribution in [1.82, 2.24) is 0 Å². The van der Waals surface area contributed by atoms with Gasteiger partial charge in [0.1, 0.15) is 0 Å². The quantitative estimate of drug-likeness (QED) is 0.818. The van der Waals surface area contributed by atoms with E-state index in [9.17, 15) is 13.2 Å². The van der Waals surface area contributed by atoms with E-state index in [0.717, 1.165) is 0 Å². The van der Waals surface area contributed by atoms with Gasteiger partial charge in [-0.25, -0.2) is 0 Å². The third-order valence-electron chi connectivity index (χ3n) is 1.77. The summed E-state index contributed by atoms with van der Waals surface area (Å²) >= 11 is 11.6. The molecule has 90 valence electrons. The molecule has 0 aliphatic rings. The van der Waals surface area contributed by atoms with Crippen LogP contribution in [0.2, 0.25) is 10.0 Å². The maximum absolute atomic E-state index is 11.9. The lowest BCUT2D eigenvalue weighted by Gasteiger charge is -2.12. The molecule has 0 amide bonds. The molecule has 0 aromatic heterocycles. The lowest BCUT2D eigenvalue weighted by atomic mass is 10.2. The Bertz CT molecular complexity index is 357. The molecule has 0 saturated heterocycles. The number of nitrogens with one attached hydrogen (secondary N) is 1. The molecule has 0 radical (unpaired) electrons. The van der Waals surface area contributed by atoms with Gasteiger partial charge >= 0.3 is 6.18 Å². The summed E-state index contributed by atoms with van der Waals surface area (Å²) in [6, 6.07) is 2.84. The Morgan fingerprint density at radius 3 is 2.12 bits per heavy atom. The first-order chi connectivity index (χ1) is 7.29. The topological polar surface area (TPSA) is 38.0 Å². The molecule has 1 rings (SSSR count). The number of benzene rings is 1. The molecule has 1 aromatic rings. The molecule has 0 bridgehead atoms. The van der Waals surface area contributed by atoms with Gasteiger partial charge in [0.05, 0.1) is 22.2 Å².